The van der Waals surface area contributed by atoms with Crippen molar-refractivity contribution in [2.75, 3.05) is 13.1 Å². The maximum absolute atomic E-state index is 12.2. The first-order valence-corrected chi connectivity index (χ1v) is 8.29. The highest BCUT2D eigenvalue weighted by molar-refractivity contribution is 5.23. The van der Waals surface area contributed by atoms with Gasteiger partial charge < -0.3 is 4.98 Å². The summed E-state index contributed by atoms with van der Waals surface area (Å²) in [5, 5.41) is 0. The average Bonchev–Trinajstić information content (AvgIpc) is 3.32. The van der Waals surface area contributed by atoms with Gasteiger partial charge in [0, 0.05) is 31.1 Å². The highest BCUT2D eigenvalue weighted by Crippen LogP contribution is 2.37. The van der Waals surface area contributed by atoms with E-state index in [2.05, 4.69) is 22.0 Å². The van der Waals surface area contributed by atoms with Crippen LogP contribution in [0.25, 0.3) is 0 Å². The van der Waals surface area contributed by atoms with Crippen LogP contribution in [-0.2, 0) is 13.0 Å². The van der Waals surface area contributed by atoms with Crippen molar-refractivity contribution in [1.82, 2.24) is 14.9 Å². The second kappa shape index (κ2) is 5.41. The molecule has 1 atom stereocenters. The lowest BCUT2D eigenvalue weighted by Gasteiger charge is -2.31. The minimum absolute atomic E-state index is 0.113. The molecule has 4 heteroatoms. The molecule has 2 heterocycles. The van der Waals surface area contributed by atoms with Gasteiger partial charge in [-0.25, -0.2) is 4.98 Å². The molecule has 1 aromatic heterocycles. The van der Waals surface area contributed by atoms with Gasteiger partial charge in [0.25, 0.3) is 5.56 Å². The minimum atomic E-state index is 0.113. The molecular formula is C17H23N3O. The summed E-state index contributed by atoms with van der Waals surface area (Å²) in [6.07, 6.45) is 11.6. The van der Waals surface area contributed by atoms with Crippen LogP contribution in [0.2, 0.25) is 0 Å². The number of nitrogens with one attached hydrogen (secondary N) is 1. The van der Waals surface area contributed by atoms with E-state index >= 15 is 0 Å². The topological polar surface area (TPSA) is 49.0 Å². The van der Waals surface area contributed by atoms with Gasteiger partial charge in [0.05, 0.1) is 5.69 Å². The van der Waals surface area contributed by atoms with E-state index in [-0.39, 0.29) is 5.56 Å². The lowest BCUT2D eigenvalue weighted by molar-refractivity contribution is 0.202. The minimum Gasteiger partial charge on any atom is -0.310 e. The van der Waals surface area contributed by atoms with Crippen molar-refractivity contribution in [3.63, 3.8) is 0 Å². The van der Waals surface area contributed by atoms with E-state index < -0.39 is 0 Å². The molecule has 1 unspecified atom stereocenters. The second-order valence-electron chi connectivity index (χ2n) is 6.79. The van der Waals surface area contributed by atoms with Gasteiger partial charge in [-0.3, -0.25) is 9.69 Å². The van der Waals surface area contributed by atoms with E-state index in [1.807, 2.05) is 0 Å². The van der Waals surface area contributed by atoms with E-state index in [9.17, 15) is 4.79 Å². The Morgan fingerprint density at radius 1 is 1.29 bits per heavy atom. The van der Waals surface area contributed by atoms with Gasteiger partial charge in [-0.2, -0.15) is 0 Å². The molecule has 2 aliphatic carbocycles. The Bertz CT molecular complexity index is 615. The quantitative estimate of drug-likeness (QED) is 0.867. The van der Waals surface area contributed by atoms with E-state index in [0.717, 1.165) is 49.1 Å². The Kier molecular flexibility index (Phi) is 3.42. The van der Waals surface area contributed by atoms with Crippen molar-refractivity contribution < 1.29 is 0 Å². The number of H-pyrrole nitrogens is 1. The Hall–Kier alpha value is -1.42. The Labute approximate surface area is 125 Å². The fraction of sp³-hybridized carbons (Fsp3) is 0.647. The fourth-order valence-corrected chi connectivity index (χ4v) is 3.61. The first kappa shape index (κ1) is 13.3. The van der Waals surface area contributed by atoms with Crippen LogP contribution in [0, 0.1) is 5.92 Å². The highest BCUT2D eigenvalue weighted by Gasteiger charge is 2.29. The molecular weight excluding hydrogens is 262 g/mol. The number of hydrogen-bond donors (Lipinski definition) is 1. The van der Waals surface area contributed by atoms with E-state index in [0.29, 0.717) is 5.92 Å². The summed E-state index contributed by atoms with van der Waals surface area (Å²) in [7, 11) is 0. The average molecular weight is 285 g/mol. The highest BCUT2D eigenvalue weighted by atomic mass is 16.1. The zero-order chi connectivity index (χ0) is 14.2. The van der Waals surface area contributed by atoms with Crippen LogP contribution >= 0.6 is 0 Å². The summed E-state index contributed by atoms with van der Waals surface area (Å²) < 4.78 is 0. The molecule has 4 rings (SSSR count). The van der Waals surface area contributed by atoms with Crippen LogP contribution in [0.4, 0.5) is 0 Å². The number of aromatic nitrogens is 2. The molecule has 0 bridgehead atoms. The van der Waals surface area contributed by atoms with Gasteiger partial charge in [-0.1, -0.05) is 12.2 Å². The number of aromatic amines is 1. The Morgan fingerprint density at radius 3 is 2.95 bits per heavy atom. The van der Waals surface area contributed by atoms with Gasteiger partial charge in [0.15, 0.2) is 0 Å². The zero-order valence-electron chi connectivity index (χ0n) is 12.5. The standard InChI is InChI=1S/C17H23N3O/c21-17-14-8-9-20(10-12-4-2-1-3-5-12)11-15(14)18-16(19-17)13-6-7-13/h1-2,12-13H,3-11H2,(H,18,19,21). The van der Waals surface area contributed by atoms with E-state index in [1.54, 1.807) is 0 Å². The lowest BCUT2D eigenvalue weighted by Crippen LogP contribution is -2.38. The third-order valence-corrected chi connectivity index (χ3v) is 5.03. The van der Waals surface area contributed by atoms with Gasteiger partial charge in [-0.05, 0) is 44.4 Å². The number of fused-ring (bicyclic) bond motifs is 1. The lowest BCUT2D eigenvalue weighted by atomic mass is 9.93. The van der Waals surface area contributed by atoms with Gasteiger partial charge in [0.1, 0.15) is 5.82 Å². The number of rotatable bonds is 3. The first-order chi connectivity index (χ1) is 10.3. The third-order valence-electron chi connectivity index (χ3n) is 5.03. The maximum Gasteiger partial charge on any atom is 0.254 e. The van der Waals surface area contributed by atoms with Crippen LogP contribution in [0.1, 0.15) is 55.1 Å². The molecule has 0 spiro atoms. The van der Waals surface area contributed by atoms with Crippen molar-refractivity contribution in [3.05, 3.63) is 39.6 Å². The Morgan fingerprint density at radius 2 is 2.19 bits per heavy atom. The first-order valence-electron chi connectivity index (χ1n) is 8.29. The summed E-state index contributed by atoms with van der Waals surface area (Å²) in [6.45, 7) is 3.01. The van der Waals surface area contributed by atoms with Crippen LogP contribution in [0.5, 0.6) is 0 Å². The van der Waals surface area contributed by atoms with Gasteiger partial charge in [0.2, 0.25) is 0 Å². The third kappa shape index (κ3) is 2.82. The summed E-state index contributed by atoms with van der Waals surface area (Å²) in [6, 6.07) is 0. The molecule has 1 saturated carbocycles. The summed E-state index contributed by atoms with van der Waals surface area (Å²) in [5.41, 5.74) is 2.08. The molecule has 1 aliphatic heterocycles. The molecule has 1 N–H and O–H groups in total. The fourth-order valence-electron chi connectivity index (χ4n) is 3.61. The van der Waals surface area contributed by atoms with Crippen LogP contribution < -0.4 is 5.56 Å². The van der Waals surface area contributed by atoms with Crippen LogP contribution in [0.3, 0.4) is 0 Å². The van der Waals surface area contributed by atoms with Crippen molar-refractivity contribution in [3.8, 4) is 0 Å². The molecule has 4 nitrogen and oxygen atoms in total. The molecule has 0 aromatic carbocycles. The summed E-state index contributed by atoms with van der Waals surface area (Å²) in [4.78, 5) is 22.5. The number of nitrogens with zero attached hydrogens (tertiary/aromatic N) is 2. The normalized spacial score (nSPS) is 25.8. The van der Waals surface area contributed by atoms with Crippen molar-refractivity contribution in [2.24, 2.45) is 5.92 Å². The molecule has 1 fully saturated rings. The molecule has 112 valence electrons. The molecule has 21 heavy (non-hydrogen) atoms. The molecule has 0 radical (unpaired) electrons. The predicted molar refractivity (Wildman–Crippen MR) is 82.3 cm³/mol. The zero-order valence-corrected chi connectivity index (χ0v) is 12.5. The summed E-state index contributed by atoms with van der Waals surface area (Å²) >= 11 is 0. The van der Waals surface area contributed by atoms with E-state index in [1.165, 1.54) is 32.1 Å². The number of allylic oxidation sites excluding steroid dienone is 2. The maximum atomic E-state index is 12.2. The summed E-state index contributed by atoms with van der Waals surface area (Å²) in [5.74, 6) is 2.23. The van der Waals surface area contributed by atoms with Crippen LogP contribution in [0.15, 0.2) is 16.9 Å². The van der Waals surface area contributed by atoms with E-state index in [4.69, 9.17) is 4.98 Å². The Balaban J connectivity index is 1.50. The van der Waals surface area contributed by atoms with Crippen molar-refractivity contribution >= 4 is 0 Å². The molecule has 1 aromatic rings. The predicted octanol–water partition coefficient (Wildman–Crippen LogP) is 2.36. The largest absolute Gasteiger partial charge is 0.310 e. The van der Waals surface area contributed by atoms with Gasteiger partial charge in [-0.15, -0.1) is 0 Å². The second-order valence-corrected chi connectivity index (χ2v) is 6.79. The van der Waals surface area contributed by atoms with Crippen molar-refractivity contribution in [2.45, 2.75) is 51.0 Å². The van der Waals surface area contributed by atoms with Gasteiger partial charge >= 0.3 is 0 Å². The molecule has 3 aliphatic rings. The SMILES string of the molecule is O=c1[nH]c(C2CC2)nc2c1CCN(CC1CC=CCC1)C2. The van der Waals surface area contributed by atoms with Crippen LogP contribution in [-0.4, -0.2) is 28.0 Å². The number of hydrogen-bond acceptors (Lipinski definition) is 3. The van der Waals surface area contributed by atoms with Crippen molar-refractivity contribution in [1.29, 1.82) is 0 Å². The molecule has 0 saturated heterocycles. The monoisotopic (exact) mass is 285 g/mol. The smallest absolute Gasteiger partial charge is 0.254 e. The molecule has 0 amide bonds.